The first-order valence-electron chi connectivity index (χ1n) is 7.77. The van der Waals surface area contributed by atoms with Crippen LogP contribution in [0.5, 0.6) is 0 Å². The summed E-state index contributed by atoms with van der Waals surface area (Å²) in [7, 11) is 4.36. The first kappa shape index (κ1) is 15.3. The van der Waals surface area contributed by atoms with Gasteiger partial charge in [0.25, 0.3) is 0 Å². The molecule has 1 unspecified atom stereocenters. The third-order valence-electron chi connectivity index (χ3n) is 4.10. The van der Waals surface area contributed by atoms with Crippen LogP contribution in [0.15, 0.2) is 18.5 Å². The van der Waals surface area contributed by atoms with Crippen LogP contribution in [0.25, 0.3) is 0 Å². The van der Waals surface area contributed by atoms with Crippen LogP contribution in [-0.4, -0.2) is 49.7 Å². The Morgan fingerprint density at radius 1 is 1.45 bits per heavy atom. The average Bonchev–Trinajstić information content (AvgIpc) is 2.48. The number of hydrogen-bond donors (Lipinski definition) is 1. The Morgan fingerprint density at radius 3 is 3.05 bits per heavy atom. The van der Waals surface area contributed by atoms with Crippen molar-refractivity contribution in [3.05, 3.63) is 24.0 Å². The molecular weight excluding hydrogens is 248 g/mol. The zero-order chi connectivity index (χ0) is 14.4. The maximum Gasteiger partial charge on any atom is 0.0598 e. The lowest BCUT2D eigenvalue weighted by Gasteiger charge is -2.38. The van der Waals surface area contributed by atoms with E-state index < -0.39 is 0 Å². The number of anilines is 1. The van der Waals surface area contributed by atoms with Gasteiger partial charge in [-0.2, -0.15) is 0 Å². The molecule has 4 heteroatoms. The second kappa shape index (κ2) is 7.60. The van der Waals surface area contributed by atoms with E-state index in [2.05, 4.69) is 47.2 Å². The highest BCUT2D eigenvalue weighted by Crippen LogP contribution is 2.24. The van der Waals surface area contributed by atoms with Crippen molar-refractivity contribution in [1.82, 2.24) is 15.2 Å². The zero-order valence-electron chi connectivity index (χ0n) is 13.1. The van der Waals surface area contributed by atoms with Crippen molar-refractivity contribution in [2.75, 3.05) is 38.6 Å². The predicted molar refractivity (Wildman–Crippen MR) is 85.2 cm³/mol. The van der Waals surface area contributed by atoms with E-state index in [0.717, 1.165) is 26.2 Å². The van der Waals surface area contributed by atoms with E-state index in [9.17, 15) is 0 Å². The molecule has 1 N–H and O–H groups in total. The van der Waals surface area contributed by atoms with Crippen LogP contribution in [0.2, 0.25) is 0 Å². The quantitative estimate of drug-likeness (QED) is 0.806. The maximum absolute atomic E-state index is 4.34. The summed E-state index contributed by atoms with van der Waals surface area (Å²) in [6.07, 6.45) is 7.67. The minimum absolute atomic E-state index is 0.653. The normalized spacial score (nSPS) is 19.6. The van der Waals surface area contributed by atoms with Crippen LogP contribution >= 0.6 is 0 Å². The van der Waals surface area contributed by atoms with Gasteiger partial charge in [-0.1, -0.05) is 6.92 Å². The van der Waals surface area contributed by atoms with Crippen LogP contribution in [0, 0.1) is 0 Å². The fourth-order valence-corrected chi connectivity index (χ4v) is 2.84. The standard InChI is InChI=1S/C16H28N4/c1-4-8-17-11-14-7-9-18-12-16(14)20-10-5-6-15(13-20)19(2)3/h7,9,12,15,17H,4-6,8,10-11,13H2,1-3H3. The molecule has 1 aliphatic heterocycles. The van der Waals surface area contributed by atoms with Crippen molar-refractivity contribution >= 4 is 5.69 Å². The van der Waals surface area contributed by atoms with Gasteiger partial charge in [0.05, 0.1) is 11.9 Å². The summed E-state index contributed by atoms with van der Waals surface area (Å²) < 4.78 is 0. The minimum Gasteiger partial charge on any atom is -0.368 e. The molecule has 1 saturated heterocycles. The molecule has 0 amide bonds. The van der Waals surface area contributed by atoms with E-state index >= 15 is 0 Å². The Bertz CT molecular complexity index is 405. The van der Waals surface area contributed by atoms with Crippen molar-refractivity contribution in [1.29, 1.82) is 0 Å². The molecule has 4 nitrogen and oxygen atoms in total. The molecule has 1 aliphatic rings. The van der Waals surface area contributed by atoms with Gasteiger partial charge in [-0.15, -0.1) is 0 Å². The number of pyridine rings is 1. The van der Waals surface area contributed by atoms with Crippen molar-refractivity contribution in [3.63, 3.8) is 0 Å². The van der Waals surface area contributed by atoms with E-state index in [1.807, 2.05) is 12.4 Å². The van der Waals surface area contributed by atoms with Gasteiger partial charge in [-0.3, -0.25) is 4.98 Å². The molecule has 0 spiro atoms. The molecule has 2 heterocycles. The van der Waals surface area contributed by atoms with Gasteiger partial charge in [0.2, 0.25) is 0 Å². The molecule has 1 fully saturated rings. The first-order chi connectivity index (χ1) is 9.72. The van der Waals surface area contributed by atoms with Gasteiger partial charge in [-0.05, 0) is 51.5 Å². The largest absolute Gasteiger partial charge is 0.368 e. The monoisotopic (exact) mass is 276 g/mol. The second-order valence-electron chi connectivity index (χ2n) is 5.89. The predicted octanol–water partition coefficient (Wildman–Crippen LogP) is 2.11. The summed E-state index contributed by atoms with van der Waals surface area (Å²) in [5, 5.41) is 3.50. The molecule has 0 bridgehead atoms. The Labute approximate surface area is 123 Å². The van der Waals surface area contributed by atoms with Crippen LogP contribution < -0.4 is 10.2 Å². The lowest BCUT2D eigenvalue weighted by Crippen LogP contribution is -2.45. The van der Waals surface area contributed by atoms with Crippen molar-refractivity contribution in [2.45, 2.75) is 38.8 Å². The SMILES string of the molecule is CCCNCc1ccncc1N1CCCC(N(C)C)C1. The molecule has 0 aliphatic carbocycles. The van der Waals surface area contributed by atoms with E-state index in [1.165, 1.54) is 30.5 Å². The fraction of sp³-hybridized carbons (Fsp3) is 0.688. The molecule has 0 saturated carbocycles. The number of nitrogens with zero attached hydrogens (tertiary/aromatic N) is 3. The lowest BCUT2D eigenvalue weighted by atomic mass is 10.0. The van der Waals surface area contributed by atoms with Crippen LogP contribution in [-0.2, 0) is 6.54 Å². The van der Waals surface area contributed by atoms with Crippen LogP contribution in [0.4, 0.5) is 5.69 Å². The van der Waals surface area contributed by atoms with Crippen LogP contribution in [0.3, 0.4) is 0 Å². The second-order valence-corrected chi connectivity index (χ2v) is 5.89. The Kier molecular flexibility index (Phi) is 5.80. The van der Waals surface area contributed by atoms with Gasteiger partial charge in [0, 0.05) is 31.9 Å². The van der Waals surface area contributed by atoms with Gasteiger partial charge in [-0.25, -0.2) is 0 Å². The number of piperidine rings is 1. The third-order valence-corrected chi connectivity index (χ3v) is 4.10. The van der Waals surface area contributed by atoms with E-state index in [0.29, 0.717) is 6.04 Å². The summed E-state index contributed by atoms with van der Waals surface area (Å²) in [4.78, 5) is 9.18. The molecule has 1 aromatic rings. The number of rotatable bonds is 6. The number of aromatic nitrogens is 1. The van der Waals surface area contributed by atoms with Crippen molar-refractivity contribution < 1.29 is 0 Å². The van der Waals surface area contributed by atoms with E-state index in [4.69, 9.17) is 0 Å². The highest BCUT2D eigenvalue weighted by Gasteiger charge is 2.22. The molecule has 20 heavy (non-hydrogen) atoms. The Balaban J connectivity index is 2.06. The Morgan fingerprint density at radius 2 is 2.30 bits per heavy atom. The molecular formula is C16H28N4. The molecule has 112 valence electrons. The number of likely N-dealkylation sites (N-methyl/N-ethyl adjacent to an activating group) is 1. The van der Waals surface area contributed by atoms with Gasteiger partial charge in [0.1, 0.15) is 0 Å². The summed E-state index contributed by atoms with van der Waals surface area (Å²) in [6.45, 7) is 6.47. The molecule has 0 aromatic carbocycles. The highest BCUT2D eigenvalue weighted by molar-refractivity contribution is 5.52. The fourth-order valence-electron chi connectivity index (χ4n) is 2.84. The highest BCUT2D eigenvalue weighted by atomic mass is 15.2. The van der Waals surface area contributed by atoms with Gasteiger partial charge < -0.3 is 15.1 Å². The summed E-state index contributed by atoms with van der Waals surface area (Å²) >= 11 is 0. The number of hydrogen-bond acceptors (Lipinski definition) is 4. The topological polar surface area (TPSA) is 31.4 Å². The molecule has 0 radical (unpaired) electrons. The Hall–Kier alpha value is -1.13. The van der Waals surface area contributed by atoms with E-state index in [-0.39, 0.29) is 0 Å². The zero-order valence-corrected chi connectivity index (χ0v) is 13.1. The summed E-state index contributed by atoms with van der Waals surface area (Å²) in [5.74, 6) is 0. The number of nitrogens with one attached hydrogen (secondary N) is 1. The van der Waals surface area contributed by atoms with E-state index in [1.54, 1.807) is 0 Å². The van der Waals surface area contributed by atoms with Crippen LogP contribution in [0.1, 0.15) is 31.7 Å². The van der Waals surface area contributed by atoms with Gasteiger partial charge in [0.15, 0.2) is 0 Å². The van der Waals surface area contributed by atoms with Crippen molar-refractivity contribution in [2.24, 2.45) is 0 Å². The van der Waals surface area contributed by atoms with Gasteiger partial charge >= 0.3 is 0 Å². The summed E-state index contributed by atoms with van der Waals surface area (Å²) in [6, 6.07) is 2.80. The maximum atomic E-state index is 4.34. The molecule has 1 aromatic heterocycles. The van der Waals surface area contributed by atoms with Crippen molar-refractivity contribution in [3.8, 4) is 0 Å². The minimum atomic E-state index is 0.653. The summed E-state index contributed by atoms with van der Waals surface area (Å²) in [5.41, 5.74) is 2.68. The molecule has 1 atom stereocenters. The smallest absolute Gasteiger partial charge is 0.0598 e. The average molecular weight is 276 g/mol. The lowest BCUT2D eigenvalue weighted by molar-refractivity contribution is 0.258. The third kappa shape index (κ3) is 3.93. The first-order valence-corrected chi connectivity index (χ1v) is 7.77. The molecule has 2 rings (SSSR count).